The smallest absolute Gasteiger partial charge is 0.137 e. The molecule has 3 rings (SSSR count). The molecule has 7 heteroatoms. The highest BCUT2D eigenvalue weighted by atomic mass is 127. The molecule has 31 heavy (non-hydrogen) atoms. The van der Waals surface area contributed by atoms with Gasteiger partial charge in [0, 0.05) is 33.6 Å². The maximum absolute atomic E-state index is 10.6. The molecule has 1 fully saturated rings. The van der Waals surface area contributed by atoms with E-state index in [0.29, 0.717) is 24.7 Å². The van der Waals surface area contributed by atoms with Crippen LogP contribution in [0.1, 0.15) is 62.1 Å². The number of phenols is 2. The zero-order valence-electron chi connectivity index (χ0n) is 17.5. The Hall–Kier alpha value is -1.31. The van der Waals surface area contributed by atoms with E-state index in [4.69, 9.17) is 33.2 Å². The van der Waals surface area contributed by atoms with Crippen LogP contribution in [0.4, 0.5) is 0 Å². The van der Waals surface area contributed by atoms with Crippen molar-refractivity contribution in [3.8, 4) is 11.5 Å². The molecule has 0 aromatic heterocycles. The minimum Gasteiger partial charge on any atom is -0.507 e. The Morgan fingerprint density at radius 3 is 2.06 bits per heavy atom. The Bertz CT molecular complexity index is 979. The number of aryl methyl sites for hydroxylation is 1. The van der Waals surface area contributed by atoms with Gasteiger partial charge in [-0.25, -0.2) is 0 Å². The summed E-state index contributed by atoms with van der Waals surface area (Å²) in [7, 11) is 0. The Morgan fingerprint density at radius 1 is 0.935 bits per heavy atom. The summed E-state index contributed by atoms with van der Waals surface area (Å²) in [5.41, 5.74) is 2.12. The number of benzene rings is 2. The number of hydrogen-bond acceptors (Lipinski definition) is 4. The highest BCUT2D eigenvalue weighted by Crippen LogP contribution is 2.30. The Balaban J connectivity index is 1.80. The molecule has 0 radical (unpaired) electrons. The van der Waals surface area contributed by atoms with E-state index in [0.717, 1.165) is 50.5 Å². The molecule has 4 nitrogen and oxygen atoms in total. The van der Waals surface area contributed by atoms with Crippen molar-refractivity contribution in [3.63, 3.8) is 0 Å². The molecule has 0 bridgehead atoms. The van der Waals surface area contributed by atoms with E-state index in [2.05, 4.69) is 29.5 Å². The van der Waals surface area contributed by atoms with Crippen LogP contribution in [0.2, 0.25) is 10.0 Å². The summed E-state index contributed by atoms with van der Waals surface area (Å²) >= 11 is 14.5. The molecule has 0 amide bonds. The van der Waals surface area contributed by atoms with Crippen molar-refractivity contribution >= 4 is 58.2 Å². The van der Waals surface area contributed by atoms with Gasteiger partial charge in [0.1, 0.15) is 11.5 Å². The van der Waals surface area contributed by atoms with Crippen molar-refractivity contribution in [1.29, 1.82) is 0 Å². The van der Waals surface area contributed by atoms with Crippen molar-refractivity contribution in [1.82, 2.24) is 0 Å². The lowest BCUT2D eigenvalue weighted by Gasteiger charge is -2.25. The van der Waals surface area contributed by atoms with Gasteiger partial charge < -0.3 is 10.2 Å². The van der Waals surface area contributed by atoms with Gasteiger partial charge in [-0.05, 0) is 78.1 Å². The molecule has 2 N–H and O–H groups in total. The lowest BCUT2D eigenvalue weighted by atomic mass is 9.91. The first kappa shape index (κ1) is 24.3. The van der Waals surface area contributed by atoms with Crippen LogP contribution < -0.4 is 0 Å². The van der Waals surface area contributed by atoms with Crippen LogP contribution in [-0.4, -0.2) is 34.7 Å². The van der Waals surface area contributed by atoms with Crippen molar-refractivity contribution in [3.05, 3.63) is 54.6 Å². The quantitative estimate of drug-likeness (QED) is 0.272. The molecular formula is C24H27Cl2IN2O2. The van der Waals surface area contributed by atoms with Gasteiger partial charge >= 0.3 is 0 Å². The fourth-order valence-electron chi connectivity index (χ4n) is 3.81. The monoisotopic (exact) mass is 572 g/mol. The minimum atomic E-state index is 0.0157. The Kier molecular flexibility index (Phi) is 9.05. The van der Waals surface area contributed by atoms with E-state index < -0.39 is 0 Å². The number of nitrogens with zero attached hydrogens (tertiary/aromatic N) is 2. The Labute approximate surface area is 207 Å². The maximum Gasteiger partial charge on any atom is 0.137 e. The molecule has 0 saturated heterocycles. The van der Waals surface area contributed by atoms with E-state index in [9.17, 15) is 10.2 Å². The van der Waals surface area contributed by atoms with Crippen LogP contribution in [0.3, 0.4) is 0 Å². The fraction of sp³-hybridized carbons (Fsp3) is 0.417. The molecule has 1 aliphatic rings. The van der Waals surface area contributed by atoms with Gasteiger partial charge in [-0.3, -0.25) is 9.98 Å². The van der Waals surface area contributed by atoms with Crippen LogP contribution in [0, 0.1) is 3.57 Å². The molecule has 0 spiro atoms. The molecule has 2 aromatic rings. The number of halogens is 3. The molecule has 0 heterocycles. The number of aliphatic imine (C=N–C) groups is 2. The second kappa shape index (κ2) is 11.5. The van der Waals surface area contributed by atoms with Crippen molar-refractivity contribution in [2.45, 2.75) is 64.0 Å². The zero-order chi connectivity index (χ0) is 22.4. The molecule has 1 saturated carbocycles. The topological polar surface area (TPSA) is 65.2 Å². The summed E-state index contributed by atoms with van der Waals surface area (Å²) in [4.78, 5) is 9.52. The normalized spacial score (nSPS) is 19.5. The molecule has 166 valence electrons. The van der Waals surface area contributed by atoms with Gasteiger partial charge in [0.05, 0.1) is 15.7 Å². The lowest BCUT2D eigenvalue weighted by Crippen LogP contribution is -2.27. The summed E-state index contributed by atoms with van der Waals surface area (Å²) in [5, 5.41) is 22.1. The molecule has 0 unspecified atom stereocenters. The van der Waals surface area contributed by atoms with Crippen molar-refractivity contribution in [2.24, 2.45) is 9.98 Å². The highest BCUT2D eigenvalue weighted by Gasteiger charge is 2.23. The summed E-state index contributed by atoms with van der Waals surface area (Å²) in [6, 6.07) is 7.05. The molecule has 1 aliphatic carbocycles. The highest BCUT2D eigenvalue weighted by molar-refractivity contribution is 14.1. The van der Waals surface area contributed by atoms with Crippen LogP contribution in [-0.2, 0) is 6.42 Å². The Morgan fingerprint density at radius 2 is 1.48 bits per heavy atom. The van der Waals surface area contributed by atoms with Crippen LogP contribution in [0.25, 0.3) is 0 Å². The largest absolute Gasteiger partial charge is 0.507 e. The van der Waals surface area contributed by atoms with E-state index in [1.165, 1.54) is 0 Å². The van der Waals surface area contributed by atoms with Gasteiger partial charge in [-0.1, -0.05) is 49.4 Å². The second-order valence-electron chi connectivity index (χ2n) is 7.91. The maximum atomic E-state index is 10.6. The molecular weight excluding hydrogens is 546 g/mol. The van der Waals surface area contributed by atoms with E-state index in [1.807, 2.05) is 6.07 Å². The number of unbranched alkanes of at least 4 members (excludes halogenated alkanes) is 1. The predicted octanol–water partition coefficient (Wildman–Crippen LogP) is 7.20. The lowest BCUT2D eigenvalue weighted by molar-refractivity contribution is 0.390. The number of rotatable bonds is 7. The summed E-state index contributed by atoms with van der Waals surface area (Å²) in [6.45, 7) is 2.12. The average Bonchev–Trinajstić information content (AvgIpc) is 2.75. The van der Waals surface area contributed by atoms with Gasteiger partial charge in [-0.15, -0.1) is 0 Å². The van der Waals surface area contributed by atoms with Crippen LogP contribution >= 0.6 is 45.8 Å². The van der Waals surface area contributed by atoms with Crippen molar-refractivity contribution < 1.29 is 10.2 Å². The SMILES string of the molecule is CCCCc1cc(Cl)cc(/C=N/[C@@H]2CCCC[C@H]2/N=C/c2cc(Cl)cc(I)c2O)c1O. The third-order valence-corrected chi connectivity index (χ3v) is 6.80. The van der Waals surface area contributed by atoms with Crippen LogP contribution in [0.15, 0.2) is 34.3 Å². The van der Waals surface area contributed by atoms with Crippen LogP contribution in [0.5, 0.6) is 11.5 Å². The standard InChI is InChI=1S/C24H27Cl2IN2O2/c1-2-3-6-15-9-18(25)10-16(23(15)30)13-28-21-7-4-5-8-22(21)29-14-17-11-19(26)12-20(27)24(17)31/h9-14,21-22,30-31H,2-8H2,1H3/b28-13+,29-14+/t21-,22-/m1/s1. The summed E-state index contributed by atoms with van der Waals surface area (Å²) < 4.78 is 0.695. The first-order valence-corrected chi connectivity index (χ1v) is 12.5. The van der Waals surface area contributed by atoms with E-state index in [1.54, 1.807) is 30.6 Å². The van der Waals surface area contributed by atoms with Gasteiger partial charge in [0.2, 0.25) is 0 Å². The van der Waals surface area contributed by atoms with Gasteiger partial charge in [0.25, 0.3) is 0 Å². The predicted molar refractivity (Wildman–Crippen MR) is 139 cm³/mol. The number of phenolic OH excluding ortho intramolecular Hbond substituents is 2. The zero-order valence-corrected chi connectivity index (χ0v) is 21.2. The number of hydrogen-bond donors (Lipinski definition) is 2. The first-order valence-electron chi connectivity index (χ1n) is 10.6. The third kappa shape index (κ3) is 6.59. The summed E-state index contributed by atoms with van der Waals surface area (Å²) in [6.07, 6.45) is 10.3. The average molecular weight is 573 g/mol. The van der Waals surface area contributed by atoms with E-state index >= 15 is 0 Å². The van der Waals surface area contributed by atoms with Crippen molar-refractivity contribution in [2.75, 3.05) is 0 Å². The molecule has 2 atom stereocenters. The summed E-state index contributed by atoms with van der Waals surface area (Å²) in [5.74, 6) is 0.448. The molecule has 0 aliphatic heterocycles. The number of aromatic hydroxyl groups is 2. The fourth-order valence-corrected chi connectivity index (χ4v) is 5.12. The second-order valence-corrected chi connectivity index (χ2v) is 9.94. The van der Waals surface area contributed by atoms with E-state index in [-0.39, 0.29) is 23.6 Å². The first-order chi connectivity index (χ1) is 14.9. The third-order valence-electron chi connectivity index (χ3n) is 5.54. The molecule has 2 aromatic carbocycles. The minimum absolute atomic E-state index is 0.0157. The van der Waals surface area contributed by atoms with Gasteiger partial charge in [0.15, 0.2) is 0 Å². The van der Waals surface area contributed by atoms with Gasteiger partial charge in [-0.2, -0.15) is 0 Å².